The van der Waals surface area contributed by atoms with Crippen molar-refractivity contribution in [2.45, 2.75) is 139 Å². The molecule has 1 unspecified atom stereocenters. The van der Waals surface area contributed by atoms with Crippen molar-refractivity contribution in [1.82, 2.24) is 0 Å². The van der Waals surface area contributed by atoms with Gasteiger partial charge in [-0.15, -0.1) is 0 Å². The molecular weight excluding hydrogens is 444 g/mol. The SMILES string of the molecule is CC(C)CC(C)(C)c1ccccc1.CC(C)CC1CCCCC1(C)C.CC(C)c1ccccc1C(C)C. The van der Waals surface area contributed by atoms with E-state index in [9.17, 15) is 0 Å². The molecule has 0 nitrogen and oxygen atoms in total. The molecule has 1 saturated carbocycles. The Morgan fingerprint density at radius 1 is 0.703 bits per heavy atom. The van der Waals surface area contributed by atoms with Crippen molar-refractivity contribution in [2.24, 2.45) is 23.2 Å². The third-order valence-electron chi connectivity index (χ3n) is 8.20. The van der Waals surface area contributed by atoms with E-state index in [1.165, 1.54) is 55.2 Å². The second kappa shape index (κ2) is 15.8. The van der Waals surface area contributed by atoms with Crippen molar-refractivity contribution in [3.05, 3.63) is 71.3 Å². The zero-order chi connectivity index (χ0) is 28.2. The maximum absolute atomic E-state index is 2.46. The van der Waals surface area contributed by atoms with Crippen LogP contribution in [0.2, 0.25) is 0 Å². The highest BCUT2D eigenvalue weighted by Gasteiger charge is 2.32. The lowest BCUT2D eigenvalue weighted by atomic mass is 9.66. The minimum absolute atomic E-state index is 0.315. The van der Waals surface area contributed by atoms with E-state index in [2.05, 4.69) is 138 Å². The molecule has 2 aromatic rings. The molecule has 0 heteroatoms. The van der Waals surface area contributed by atoms with Gasteiger partial charge in [0.2, 0.25) is 0 Å². The maximum Gasteiger partial charge on any atom is -0.0101 e. The van der Waals surface area contributed by atoms with Crippen LogP contribution in [0.1, 0.15) is 150 Å². The topological polar surface area (TPSA) is 0 Å². The van der Waals surface area contributed by atoms with E-state index in [1.54, 1.807) is 0 Å². The Morgan fingerprint density at radius 3 is 1.59 bits per heavy atom. The molecule has 3 rings (SSSR count). The second-order valence-electron chi connectivity index (χ2n) is 14.3. The van der Waals surface area contributed by atoms with Gasteiger partial charge in [-0.25, -0.2) is 0 Å². The fraction of sp³-hybridized carbons (Fsp3) is 0.676. The van der Waals surface area contributed by atoms with Crippen molar-refractivity contribution in [1.29, 1.82) is 0 Å². The molecule has 1 aliphatic carbocycles. The standard InChI is InChI=1S/C13H20.C12H24.C12H18/c1-11(2)10-13(3,4)12-8-6-5-7-9-12;1-10(2)9-11-7-5-6-8-12(11,3)4;1-9(2)11-7-5-6-8-12(11)10(3)4/h5-9,11H,10H2,1-4H3;10-11H,5-9H2,1-4H3;5-10H,1-4H3. The Labute approximate surface area is 233 Å². The average molecular weight is 507 g/mol. The van der Waals surface area contributed by atoms with Gasteiger partial charge in [0.15, 0.2) is 0 Å². The quantitative estimate of drug-likeness (QED) is 0.350. The highest BCUT2D eigenvalue weighted by Crippen LogP contribution is 2.43. The first-order chi connectivity index (χ1) is 17.2. The van der Waals surface area contributed by atoms with E-state index < -0.39 is 0 Å². The van der Waals surface area contributed by atoms with Gasteiger partial charge in [-0.2, -0.15) is 0 Å². The molecule has 0 saturated heterocycles. The van der Waals surface area contributed by atoms with E-state index in [-0.39, 0.29) is 0 Å². The summed E-state index contributed by atoms with van der Waals surface area (Å²) >= 11 is 0. The molecule has 210 valence electrons. The summed E-state index contributed by atoms with van der Waals surface area (Å²) in [5, 5.41) is 0. The normalized spacial score (nSPS) is 17.4. The van der Waals surface area contributed by atoms with Crippen LogP contribution in [0.3, 0.4) is 0 Å². The first-order valence-electron chi connectivity index (χ1n) is 15.3. The van der Waals surface area contributed by atoms with Gasteiger partial charge in [0.1, 0.15) is 0 Å². The minimum atomic E-state index is 0.315. The molecular formula is C37H62. The molecule has 0 aromatic heterocycles. The molecule has 2 aromatic carbocycles. The fourth-order valence-electron chi connectivity index (χ4n) is 6.16. The zero-order valence-corrected chi connectivity index (χ0v) is 26.8. The van der Waals surface area contributed by atoms with Crippen LogP contribution in [0.15, 0.2) is 54.6 Å². The Bertz CT molecular complexity index is 824. The number of hydrogen-bond acceptors (Lipinski definition) is 0. The molecule has 0 aliphatic heterocycles. The monoisotopic (exact) mass is 506 g/mol. The fourth-order valence-corrected chi connectivity index (χ4v) is 6.16. The van der Waals surface area contributed by atoms with Gasteiger partial charge in [-0.3, -0.25) is 0 Å². The number of rotatable bonds is 7. The van der Waals surface area contributed by atoms with Crippen molar-refractivity contribution in [2.75, 3.05) is 0 Å². The lowest BCUT2D eigenvalue weighted by Gasteiger charge is -2.39. The first kappa shape index (κ1) is 33.5. The highest BCUT2D eigenvalue weighted by atomic mass is 14.4. The van der Waals surface area contributed by atoms with Crippen LogP contribution in [-0.2, 0) is 5.41 Å². The number of benzene rings is 2. The van der Waals surface area contributed by atoms with Crippen molar-refractivity contribution in [3.63, 3.8) is 0 Å². The van der Waals surface area contributed by atoms with Crippen LogP contribution < -0.4 is 0 Å². The Hall–Kier alpha value is -1.56. The minimum Gasteiger partial charge on any atom is -0.0628 e. The molecule has 0 bridgehead atoms. The molecule has 1 atom stereocenters. The summed E-state index contributed by atoms with van der Waals surface area (Å²) in [6.07, 6.45) is 8.54. The Kier molecular flexibility index (Phi) is 14.3. The molecule has 0 radical (unpaired) electrons. The summed E-state index contributed by atoms with van der Waals surface area (Å²) in [4.78, 5) is 0. The van der Waals surface area contributed by atoms with Crippen molar-refractivity contribution >= 4 is 0 Å². The second-order valence-corrected chi connectivity index (χ2v) is 14.3. The molecule has 1 aliphatic rings. The summed E-state index contributed by atoms with van der Waals surface area (Å²) in [5.74, 6) is 3.92. The van der Waals surface area contributed by atoms with Gasteiger partial charge in [0.05, 0.1) is 0 Å². The molecule has 1 fully saturated rings. The van der Waals surface area contributed by atoms with Crippen molar-refractivity contribution < 1.29 is 0 Å². The molecule has 37 heavy (non-hydrogen) atoms. The number of hydrogen-bond donors (Lipinski definition) is 0. The van der Waals surface area contributed by atoms with Crippen LogP contribution in [0.4, 0.5) is 0 Å². The first-order valence-corrected chi connectivity index (χ1v) is 15.3. The predicted molar refractivity (Wildman–Crippen MR) is 169 cm³/mol. The Balaban J connectivity index is 0.000000278. The lowest BCUT2D eigenvalue weighted by molar-refractivity contribution is 0.116. The average Bonchev–Trinajstić information content (AvgIpc) is 2.81. The van der Waals surface area contributed by atoms with Gasteiger partial charge in [-0.05, 0) is 82.8 Å². The van der Waals surface area contributed by atoms with E-state index in [0.29, 0.717) is 22.7 Å². The van der Waals surface area contributed by atoms with E-state index >= 15 is 0 Å². The van der Waals surface area contributed by atoms with E-state index in [4.69, 9.17) is 0 Å². The zero-order valence-electron chi connectivity index (χ0n) is 26.8. The van der Waals surface area contributed by atoms with Crippen LogP contribution in [-0.4, -0.2) is 0 Å². The molecule has 0 spiro atoms. The molecule has 0 heterocycles. The van der Waals surface area contributed by atoms with E-state index in [0.717, 1.165) is 17.8 Å². The largest absolute Gasteiger partial charge is 0.0628 e. The summed E-state index contributed by atoms with van der Waals surface area (Å²) < 4.78 is 0. The van der Waals surface area contributed by atoms with Crippen LogP contribution >= 0.6 is 0 Å². The summed E-state index contributed by atoms with van der Waals surface area (Å²) in [7, 11) is 0. The molecule has 0 N–H and O–H groups in total. The maximum atomic E-state index is 2.46. The van der Waals surface area contributed by atoms with Gasteiger partial charge in [-0.1, -0.05) is 151 Å². The summed E-state index contributed by atoms with van der Waals surface area (Å²) in [6.45, 7) is 27.8. The van der Waals surface area contributed by atoms with Gasteiger partial charge in [0, 0.05) is 0 Å². The summed E-state index contributed by atoms with van der Waals surface area (Å²) in [5.41, 5.74) is 5.38. The summed E-state index contributed by atoms with van der Waals surface area (Å²) in [6, 6.07) is 19.5. The predicted octanol–water partition coefficient (Wildman–Crippen LogP) is 12.2. The van der Waals surface area contributed by atoms with Crippen LogP contribution in [0, 0.1) is 23.2 Å². The van der Waals surface area contributed by atoms with E-state index in [1.807, 2.05) is 0 Å². The smallest absolute Gasteiger partial charge is 0.0101 e. The van der Waals surface area contributed by atoms with Gasteiger partial charge < -0.3 is 0 Å². The van der Waals surface area contributed by atoms with Crippen molar-refractivity contribution in [3.8, 4) is 0 Å². The van der Waals surface area contributed by atoms with Crippen LogP contribution in [0.5, 0.6) is 0 Å². The van der Waals surface area contributed by atoms with Gasteiger partial charge >= 0.3 is 0 Å². The van der Waals surface area contributed by atoms with Gasteiger partial charge in [0.25, 0.3) is 0 Å². The third kappa shape index (κ3) is 12.2. The highest BCUT2D eigenvalue weighted by molar-refractivity contribution is 5.31. The third-order valence-corrected chi connectivity index (χ3v) is 8.20. The Morgan fingerprint density at radius 2 is 1.19 bits per heavy atom. The van der Waals surface area contributed by atoms with Crippen LogP contribution in [0.25, 0.3) is 0 Å². The molecule has 0 amide bonds. The lowest BCUT2D eigenvalue weighted by Crippen LogP contribution is -2.28.